The summed E-state index contributed by atoms with van der Waals surface area (Å²) in [7, 11) is 0. The van der Waals surface area contributed by atoms with Gasteiger partial charge in [0.2, 0.25) is 5.91 Å². The highest BCUT2D eigenvalue weighted by Gasteiger charge is 2.03. The zero-order chi connectivity index (χ0) is 14.1. The Balaban J connectivity index is 0.00000361. The van der Waals surface area contributed by atoms with Crippen LogP contribution in [0.25, 0.3) is 0 Å². The molecule has 0 saturated heterocycles. The topological polar surface area (TPSA) is 50.4 Å². The van der Waals surface area contributed by atoms with Crippen LogP contribution in [0.5, 0.6) is 5.75 Å². The van der Waals surface area contributed by atoms with Crippen molar-refractivity contribution in [3.63, 3.8) is 0 Å². The van der Waals surface area contributed by atoms with Gasteiger partial charge in [-0.15, -0.1) is 12.4 Å². The van der Waals surface area contributed by atoms with Crippen LogP contribution in [-0.4, -0.2) is 32.1 Å². The summed E-state index contributed by atoms with van der Waals surface area (Å²) in [4.78, 5) is 11.5. The first-order valence-corrected chi connectivity index (χ1v) is 6.81. The summed E-state index contributed by atoms with van der Waals surface area (Å²) in [5.74, 6) is 0.892. The van der Waals surface area contributed by atoms with Gasteiger partial charge in [-0.1, -0.05) is 19.1 Å². The summed E-state index contributed by atoms with van der Waals surface area (Å²) < 4.78 is 5.64. The highest BCUT2D eigenvalue weighted by atomic mass is 35.5. The number of halogens is 1. The zero-order valence-electron chi connectivity index (χ0n) is 12.5. The largest absolute Gasteiger partial charge is 0.493 e. The Bertz CT molecular complexity index is 411. The lowest BCUT2D eigenvalue weighted by molar-refractivity contribution is -0.121. The maximum atomic E-state index is 11.5. The summed E-state index contributed by atoms with van der Waals surface area (Å²) >= 11 is 0. The van der Waals surface area contributed by atoms with E-state index in [4.69, 9.17) is 4.74 Å². The monoisotopic (exact) mass is 300 g/mol. The number of amides is 1. The van der Waals surface area contributed by atoms with E-state index in [-0.39, 0.29) is 18.3 Å². The van der Waals surface area contributed by atoms with Crippen LogP contribution in [0.1, 0.15) is 24.5 Å². The van der Waals surface area contributed by atoms with E-state index in [9.17, 15) is 4.79 Å². The van der Waals surface area contributed by atoms with Gasteiger partial charge in [-0.05, 0) is 37.6 Å². The fraction of sp³-hybridized carbons (Fsp3) is 0.533. The van der Waals surface area contributed by atoms with Crippen LogP contribution in [0, 0.1) is 13.8 Å². The fourth-order valence-corrected chi connectivity index (χ4v) is 1.67. The average Bonchev–Trinajstić information content (AvgIpc) is 2.39. The van der Waals surface area contributed by atoms with Crippen molar-refractivity contribution in [2.24, 2.45) is 0 Å². The third-order valence-corrected chi connectivity index (χ3v) is 2.80. The third kappa shape index (κ3) is 7.36. The lowest BCUT2D eigenvalue weighted by Gasteiger charge is -2.10. The van der Waals surface area contributed by atoms with Crippen LogP contribution in [0.2, 0.25) is 0 Å². The van der Waals surface area contributed by atoms with Crippen molar-refractivity contribution in [3.8, 4) is 5.75 Å². The number of hydrogen-bond donors (Lipinski definition) is 2. The van der Waals surface area contributed by atoms with E-state index in [1.165, 1.54) is 0 Å². The van der Waals surface area contributed by atoms with Crippen molar-refractivity contribution in [3.05, 3.63) is 29.3 Å². The Morgan fingerprint density at radius 3 is 2.70 bits per heavy atom. The molecule has 5 heteroatoms. The Hall–Kier alpha value is -1.26. The molecule has 1 rings (SSSR count). The number of likely N-dealkylation sites (N-methyl/N-ethyl adjacent to an activating group) is 1. The molecule has 0 heterocycles. The van der Waals surface area contributed by atoms with Crippen LogP contribution in [-0.2, 0) is 4.79 Å². The first-order chi connectivity index (χ1) is 9.13. The van der Waals surface area contributed by atoms with Crippen molar-refractivity contribution < 1.29 is 9.53 Å². The maximum absolute atomic E-state index is 11.5. The van der Waals surface area contributed by atoms with Gasteiger partial charge in [0.25, 0.3) is 0 Å². The normalized spacial score (nSPS) is 9.75. The van der Waals surface area contributed by atoms with E-state index in [2.05, 4.69) is 16.7 Å². The van der Waals surface area contributed by atoms with Gasteiger partial charge >= 0.3 is 0 Å². The molecule has 0 fully saturated rings. The van der Waals surface area contributed by atoms with Gasteiger partial charge in [-0.2, -0.15) is 0 Å². The van der Waals surface area contributed by atoms with E-state index in [1.807, 2.05) is 32.9 Å². The predicted molar refractivity (Wildman–Crippen MR) is 84.8 cm³/mol. The number of hydrogen-bond acceptors (Lipinski definition) is 3. The minimum atomic E-state index is 0. The lowest BCUT2D eigenvalue weighted by atomic mass is 10.1. The fourth-order valence-electron chi connectivity index (χ4n) is 1.67. The molecule has 0 spiro atoms. The highest BCUT2D eigenvalue weighted by molar-refractivity contribution is 5.85. The smallest absolute Gasteiger partial charge is 0.223 e. The maximum Gasteiger partial charge on any atom is 0.223 e. The van der Waals surface area contributed by atoms with Crippen molar-refractivity contribution in [2.75, 3.05) is 26.2 Å². The van der Waals surface area contributed by atoms with Gasteiger partial charge in [0.15, 0.2) is 0 Å². The molecule has 0 aliphatic rings. The summed E-state index contributed by atoms with van der Waals surface area (Å²) in [6.45, 7) is 8.88. The zero-order valence-corrected chi connectivity index (χ0v) is 13.3. The van der Waals surface area contributed by atoms with Crippen LogP contribution in [0.3, 0.4) is 0 Å². The van der Waals surface area contributed by atoms with Crippen molar-refractivity contribution in [2.45, 2.75) is 27.2 Å². The van der Waals surface area contributed by atoms with Crippen molar-refractivity contribution >= 4 is 18.3 Å². The van der Waals surface area contributed by atoms with E-state index in [1.54, 1.807) is 0 Å². The second kappa shape index (κ2) is 10.5. The molecule has 4 nitrogen and oxygen atoms in total. The molecule has 0 atom stereocenters. The van der Waals surface area contributed by atoms with Gasteiger partial charge in [0, 0.05) is 13.1 Å². The van der Waals surface area contributed by atoms with E-state index < -0.39 is 0 Å². The second-order valence-corrected chi connectivity index (χ2v) is 4.57. The standard InChI is InChI=1S/C15H24N2O2.ClH/c1-4-16-8-9-17-15(18)7-10-19-14-11-12(2)5-6-13(14)3;/h5-6,11,16H,4,7-10H2,1-3H3,(H,17,18);1H. The van der Waals surface area contributed by atoms with Gasteiger partial charge in [0.05, 0.1) is 13.0 Å². The number of aryl methyl sites for hydroxylation is 2. The molecule has 1 aromatic carbocycles. The Kier molecular flexibility index (Phi) is 9.86. The SMILES string of the molecule is CCNCCNC(=O)CCOc1cc(C)ccc1C.Cl. The van der Waals surface area contributed by atoms with Gasteiger partial charge < -0.3 is 15.4 Å². The van der Waals surface area contributed by atoms with Crippen LogP contribution in [0.4, 0.5) is 0 Å². The quantitative estimate of drug-likeness (QED) is 0.724. The minimum absolute atomic E-state index is 0. The van der Waals surface area contributed by atoms with Crippen LogP contribution in [0.15, 0.2) is 18.2 Å². The second-order valence-electron chi connectivity index (χ2n) is 4.57. The van der Waals surface area contributed by atoms with E-state index in [0.717, 1.165) is 30.0 Å². The van der Waals surface area contributed by atoms with Crippen LogP contribution >= 0.6 is 12.4 Å². The average molecular weight is 301 g/mol. The number of rotatable bonds is 8. The van der Waals surface area contributed by atoms with Gasteiger partial charge in [-0.25, -0.2) is 0 Å². The summed E-state index contributed by atoms with van der Waals surface area (Å²) in [6, 6.07) is 6.08. The summed E-state index contributed by atoms with van der Waals surface area (Å²) in [5, 5.41) is 6.00. The Morgan fingerprint density at radius 2 is 2.00 bits per heavy atom. The molecule has 0 bridgehead atoms. The molecule has 0 unspecified atom stereocenters. The minimum Gasteiger partial charge on any atom is -0.493 e. The third-order valence-electron chi connectivity index (χ3n) is 2.80. The van der Waals surface area contributed by atoms with E-state index >= 15 is 0 Å². The van der Waals surface area contributed by atoms with Crippen LogP contribution < -0.4 is 15.4 Å². The number of benzene rings is 1. The number of nitrogens with one attached hydrogen (secondary N) is 2. The molecule has 114 valence electrons. The Labute approximate surface area is 127 Å². The molecule has 0 aromatic heterocycles. The van der Waals surface area contributed by atoms with Gasteiger partial charge in [-0.3, -0.25) is 4.79 Å². The summed E-state index contributed by atoms with van der Waals surface area (Å²) in [6.07, 6.45) is 0.388. The molecule has 2 N–H and O–H groups in total. The number of ether oxygens (including phenoxy) is 1. The van der Waals surface area contributed by atoms with E-state index in [0.29, 0.717) is 19.6 Å². The van der Waals surface area contributed by atoms with Crippen molar-refractivity contribution in [1.82, 2.24) is 10.6 Å². The lowest BCUT2D eigenvalue weighted by Crippen LogP contribution is -2.32. The number of carbonyl (C=O) groups excluding carboxylic acids is 1. The molecule has 1 amide bonds. The first kappa shape index (κ1) is 18.7. The molecule has 0 aliphatic heterocycles. The molecular weight excluding hydrogens is 276 g/mol. The predicted octanol–water partition coefficient (Wildman–Crippen LogP) is 2.22. The molecule has 1 aromatic rings. The molecule has 0 aliphatic carbocycles. The molecule has 0 radical (unpaired) electrons. The first-order valence-electron chi connectivity index (χ1n) is 6.81. The number of carbonyl (C=O) groups is 1. The summed E-state index contributed by atoms with van der Waals surface area (Å²) in [5.41, 5.74) is 2.26. The molecular formula is C15H25ClN2O2. The van der Waals surface area contributed by atoms with Crippen molar-refractivity contribution in [1.29, 1.82) is 0 Å². The van der Waals surface area contributed by atoms with Gasteiger partial charge in [0.1, 0.15) is 5.75 Å². The highest BCUT2D eigenvalue weighted by Crippen LogP contribution is 2.19. The molecule has 0 saturated carbocycles. The Morgan fingerprint density at radius 1 is 1.25 bits per heavy atom. The molecule has 20 heavy (non-hydrogen) atoms.